The highest BCUT2D eigenvalue weighted by atomic mass is 16.2. The summed E-state index contributed by atoms with van der Waals surface area (Å²) in [6.07, 6.45) is 4.86. The quantitative estimate of drug-likeness (QED) is 0.846. The average molecular weight is 370 g/mol. The second kappa shape index (κ2) is 8.40. The van der Waals surface area contributed by atoms with Crippen molar-refractivity contribution in [3.8, 4) is 0 Å². The number of hydrogen-bond donors (Lipinski definition) is 1. The molecule has 4 rings (SSSR count). The number of amides is 2. The van der Waals surface area contributed by atoms with E-state index in [1.54, 1.807) is 0 Å². The van der Waals surface area contributed by atoms with E-state index in [0.29, 0.717) is 25.7 Å². The molecule has 1 N–H and O–H groups in total. The Labute approximate surface area is 161 Å². The van der Waals surface area contributed by atoms with Crippen molar-refractivity contribution in [3.05, 3.63) is 35.9 Å². The van der Waals surface area contributed by atoms with Crippen LogP contribution in [0.15, 0.2) is 30.3 Å². The van der Waals surface area contributed by atoms with E-state index in [2.05, 4.69) is 15.1 Å². The topological polar surface area (TPSA) is 55.9 Å². The number of carbonyl (C=O) groups is 2. The first kappa shape index (κ1) is 18.4. The molecule has 3 aliphatic rings. The van der Waals surface area contributed by atoms with Gasteiger partial charge in [0.15, 0.2) is 0 Å². The molecule has 2 aliphatic heterocycles. The summed E-state index contributed by atoms with van der Waals surface area (Å²) in [5.41, 5.74) is 0.737. The van der Waals surface area contributed by atoms with Gasteiger partial charge in [-0.1, -0.05) is 18.2 Å². The lowest BCUT2D eigenvalue weighted by Gasteiger charge is -2.35. The van der Waals surface area contributed by atoms with Crippen LogP contribution in [0.2, 0.25) is 0 Å². The molecule has 146 valence electrons. The summed E-state index contributed by atoms with van der Waals surface area (Å²) >= 11 is 0. The second-order valence-electron chi connectivity index (χ2n) is 8.04. The number of carbonyl (C=O) groups excluding carboxylic acids is 2. The second-order valence-corrected chi connectivity index (χ2v) is 8.04. The van der Waals surface area contributed by atoms with Crippen LogP contribution < -0.4 is 5.32 Å². The van der Waals surface area contributed by atoms with Crippen LogP contribution in [0.5, 0.6) is 0 Å². The van der Waals surface area contributed by atoms with Gasteiger partial charge in [-0.15, -0.1) is 0 Å². The van der Waals surface area contributed by atoms with Crippen LogP contribution in [0.3, 0.4) is 0 Å². The van der Waals surface area contributed by atoms with Crippen LogP contribution >= 0.6 is 0 Å². The summed E-state index contributed by atoms with van der Waals surface area (Å²) in [5.74, 6) is 0.213. The highest BCUT2D eigenvalue weighted by Gasteiger charge is 2.32. The van der Waals surface area contributed by atoms with Crippen LogP contribution in [0.25, 0.3) is 0 Å². The predicted molar refractivity (Wildman–Crippen MR) is 105 cm³/mol. The first-order valence-corrected chi connectivity index (χ1v) is 10.3. The third kappa shape index (κ3) is 4.87. The average Bonchev–Trinajstić information content (AvgIpc) is 3.55. The zero-order chi connectivity index (χ0) is 18.6. The van der Waals surface area contributed by atoms with E-state index in [9.17, 15) is 9.59 Å². The SMILES string of the molecule is O=C(CN1CCN(C(=O)c2ccccc2)CC1)NC1CCN(C2CC2)CC1. The summed E-state index contributed by atoms with van der Waals surface area (Å²) in [7, 11) is 0. The highest BCUT2D eigenvalue weighted by Crippen LogP contribution is 2.29. The van der Waals surface area contributed by atoms with Gasteiger partial charge in [-0.2, -0.15) is 0 Å². The minimum absolute atomic E-state index is 0.0853. The number of nitrogens with zero attached hydrogens (tertiary/aromatic N) is 3. The Morgan fingerprint density at radius 3 is 2.19 bits per heavy atom. The van der Waals surface area contributed by atoms with E-state index in [1.807, 2.05) is 35.2 Å². The molecule has 0 atom stereocenters. The molecule has 2 heterocycles. The summed E-state index contributed by atoms with van der Waals surface area (Å²) in [4.78, 5) is 31.5. The van der Waals surface area contributed by atoms with Gasteiger partial charge in [0.05, 0.1) is 6.54 Å². The van der Waals surface area contributed by atoms with Gasteiger partial charge in [-0.3, -0.25) is 14.5 Å². The molecule has 1 aliphatic carbocycles. The molecule has 6 heteroatoms. The molecule has 0 unspecified atom stereocenters. The van der Waals surface area contributed by atoms with Gasteiger partial charge in [-0.05, 0) is 37.8 Å². The Morgan fingerprint density at radius 1 is 0.889 bits per heavy atom. The largest absolute Gasteiger partial charge is 0.352 e. The van der Waals surface area contributed by atoms with Crippen molar-refractivity contribution in [1.29, 1.82) is 0 Å². The minimum atomic E-state index is 0.0853. The fourth-order valence-corrected chi connectivity index (χ4v) is 4.20. The van der Waals surface area contributed by atoms with E-state index in [4.69, 9.17) is 0 Å². The summed E-state index contributed by atoms with van der Waals surface area (Å²) in [6, 6.07) is 10.6. The number of nitrogens with one attached hydrogen (secondary N) is 1. The molecule has 3 fully saturated rings. The Hall–Kier alpha value is -1.92. The van der Waals surface area contributed by atoms with E-state index < -0.39 is 0 Å². The number of hydrogen-bond acceptors (Lipinski definition) is 4. The Kier molecular flexibility index (Phi) is 5.74. The zero-order valence-corrected chi connectivity index (χ0v) is 16.0. The first-order valence-electron chi connectivity index (χ1n) is 10.3. The van der Waals surface area contributed by atoms with Crippen molar-refractivity contribution in [2.45, 2.75) is 37.8 Å². The molecular weight excluding hydrogens is 340 g/mol. The zero-order valence-electron chi connectivity index (χ0n) is 16.0. The number of piperidine rings is 1. The summed E-state index contributed by atoms with van der Waals surface area (Å²) < 4.78 is 0. The van der Waals surface area contributed by atoms with Crippen molar-refractivity contribution in [2.24, 2.45) is 0 Å². The molecule has 1 aromatic carbocycles. The number of piperazine rings is 1. The lowest BCUT2D eigenvalue weighted by molar-refractivity contribution is -0.123. The van der Waals surface area contributed by atoms with E-state index >= 15 is 0 Å². The molecule has 27 heavy (non-hydrogen) atoms. The highest BCUT2D eigenvalue weighted by molar-refractivity contribution is 5.94. The maximum absolute atomic E-state index is 12.5. The fraction of sp³-hybridized carbons (Fsp3) is 0.619. The van der Waals surface area contributed by atoms with Crippen molar-refractivity contribution in [1.82, 2.24) is 20.0 Å². The van der Waals surface area contributed by atoms with Crippen LogP contribution in [-0.4, -0.2) is 84.4 Å². The molecular formula is C21H30N4O2. The standard InChI is InChI=1S/C21H30N4O2/c26-20(22-18-8-10-24(11-9-18)19-6-7-19)16-23-12-14-25(15-13-23)21(27)17-4-2-1-3-5-17/h1-5,18-19H,6-16H2,(H,22,26). The Balaban J connectivity index is 1.17. The maximum Gasteiger partial charge on any atom is 0.253 e. The van der Waals surface area contributed by atoms with Crippen molar-refractivity contribution in [3.63, 3.8) is 0 Å². The molecule has 0 radical (unpaired) electrons. The molecule has 1 saturated carbocycles. The van der Waals surface area contributed by atoms with Gasteiger partial charge in [0.2, 0.25) is 5.91 Å². The molecule has 0 aromatic heterocycles. The molecule has 2 amide bonds. The number of rotatable bonds is 5. The van der Waals surface area contributed by atoms with Crippen molar-refractivity contribution >= 4 is 11.8 Å². The van der Waals surface area contributed by atoms with Crippen molar-refractivity contribution < 1.29 is 9.59 Å². The summed E-state index contributed by atoms with van der Waals surface area (Å²) in [6.45, 7) is 5.56. The third-order valence-corrected chi connectivity index (χ3v) is 6.01. The van der Waals surface area contributed by atoms with E-state index in [0.717, 1.165) is 50.6 Å². The van der Waals surface area contributed by atoms with Crippen LogP contribution in [0.1, 0.15) is 36.0 Å². The predicted octanol–water partition coefficient (Wildman–Crippen LogP) is 1.19. The van der Waals surface area contributed by atoms with E-state index in [-0.39, 0.29) is 11.8 Å². The molecule has 6 nitrogen and oxygen atoms in total. The molecule has 0 bridgehead atoms. The summed E-state index contributed by atoms with van der Waals surface area (Å²) in [5, 5.41) is 3.22. The Bertz CT molecular complexity index is 645. The van der Waals surface area contributed by atoms with E-state index in [1.165, 1.54) is 12.8 Å². The maximum atomic E-state index is 12.5. The normalized spacial score (nSPS) is 22.6. The minimum Gasteiger partial charge on any atom is -0.352 e. The number of likely N-dealkylation sites (tertiary alicyclic amines) is 1. The van der Waals surface area contributed by atoms with Gasteiger partial charge in [-0.25, -0.2) is 0 Å². The van der Waals surface area contributed by atoms with Gasteiger partial charge < -0.3 is 15.1 Å². The molecule has 1 aromatic rings. The third-order valence-electron chi connectivity index (χ3n) is 6.01. The lowest BCUT2D eigenvalue weighted by Crippen LogP contribution is -2.52. The molecule has 2 saturated heterocycles. The van der Waals surface area contributed by atoms with Crippen molar-refractivity contribution in [2.75, 3.05) is 45.8 Å². The van der Waals surface area contributed by atoms with Crippen LogP contribution in [0, 0.1) is 0 Å². The fourth-order valence-electron chi connectivity index (χ4n) is 4.20. The van der Waals surface area contributed by atoms with Gasteiger partial charge in [0, 0.05) is 56.9 Å². The first-order chi connectivity index (χ1) is 13.2. The Morgan fingerprint density at radius 2 is 1.56 bits per heavy atom. The number of benzene rings is 1. The van der Waals surface area contributed by atoms with Gasteiger partial charge >= 0.3 is 0 Å². The molecule has 0 spiro atoms. The smallest absolute Gasteiger partial charge is 0.253 e. The van der Waals surface area contributed by atoms with Crippen LogP contribution in [-0.2, 0) is 4.79 Å². The lowest BCUT2D eigenvalue weighted by atomic mass is 10.0. The van der Waals surface area contributed by atoms with Gasteiger partial charge in [0.25, 0.3) is 5.91 Å². The monoisotopic (exact) mass is 370 g/mol. The van der Waals surface area contributed by atoms with Crippen LogP contribution in [0.4, 0.5) is 0 Å². The van der Waals surface area contributed by atoms with Gasteiger partial charge in [0.1, 0.15) is 0 Å².